The van der Waals surface area contributed by atoms with Gasteiger partial charge in [0.25, 0.3) is 0 Å². The highest BCUT2D eigenvalue weighted by atomic mass is 16.4. The minimum absolute atomic E-state index is 0.325. The summed E-state index contributed by atoms with van der Waals surface area (Å²) in [5, 5.41) is 12.4. The molecule has 4 nitrogen and oxygen atoms in total. The van der Waals surface area contributed by atoms with Crippen LogP contribution in [0.4, 0.5) is 5.82 Å². The Morgan fingerprint density at radius 2 is 2.29 bits per heavy atom. The van der Waals surface area contributed by atoms with Crippen molar-refractivity contribution in [3.63, 3.8) is 0 Å². The number of anilines is 1. The molecule has 0 amide bonds. The van der Waals surface area contributed by atoms with Gasteiger partial charge in [-0.3, -0.25) is 0 Å². The first-order valence-electron chi connectivity index (χ1n) is 6.24. The molecule has 1 saturated carbocycles. The Morgan fingerprint density at radius 1 is 1.47 bits per heavy atom. The number of rotatable bonds is 4. The van der Waals surface area contributed by atoms with Crippen LogP contribution in [0.2, 0.25) is 0 Å². The molecule has 0 atom stereocenters. The summed E-state index contributed by atoms with van der Waals surface area (Å²) in [7, 11) is 0. The second-order valence-electron chi connectivity index (χ2n) is 4.97. The van der Waals surface area contributed by atoms with Gasteiger partial charge in [-0.15, -0.1) is 0 Å². The van der Waals surface area contributed by atoms with Crippen molar-refractivity contribution in [2.24, 2.45) is 5.92 Å². The zero-order valence-corrected chi connectivity index (χ0v) is 9.70. The summed E-state index contributed by atoms with van der Waals surface area (Å²) in [6, 6.07) is 1.80. The molecule has 0 aromatic carbocycles. The molecule has 4 heteroatoms. The van der Waals surface area contributed by atoms with Gasteiger partial charge in [0, 0.05) is 12.2 Å². The van der Waals surface area contributed by atoms with E-state index in [-0.39, 0.29) is 0 Å². The summed E-state index contributed by atoms with van der Waals surface area (Å²) in [5.41, 5.74) is 2.51. The van der Waals surface area contributed by atoms with Crippen molar-refractivity contribution < 1.29 is 9.90 Å². The predicted octanol–water partition coefficient (Wildman–Crippen LogP) is 2.09. The number of nitrogens with one attached hydrogen (secondary N) is 1. The van der Waals surface area contributed by atoms with Gasteiger partial charge in [0.2, 0.25) is 0 Å². The van der Waals surface area contributed by atoms with Gasteiger partial charge in [-0.25, -0.2) is 9.78 Å². The molecule has 0 aliphatic heterocycles. The third-order valence-electron chi connectivity index (χ3n) is 3.54. The minimum Gasteiger partial charge on any atom is -0.478 e. The Labute approximate surface area is 100 Å². The van der Waals surface area contributed by atoms with Gasteiger partial charge in [-0.05, 0) is 49.7 Å². The topological polar surface area (TPSA) is 62.2 Å². The number of carboxylic acids is 1. The number of hydrogen-bond acceptors (Lipinski definition) is 3. The van der Waals surface area contributed by atoms with Gasteiger partial charge >= 0.3 is 5.97 Å². The van der Waals surface area contributed by atoms with E-state index in [1.807, 2.05) is 0 Å². The third kappa shape index (κ3) is 2.12. The molecule has 17 heavy (non-hydrogen) atoms. The van der Waals surface area contributed by atoms with Crippen molar-refractivity contribution in [3.8, 4) is 0 Å². The molecular formula is C13H16N2O2. The average molecular weight is 232 g/mol. The molecule has 0 saturated heterocycles. The highest BCUT2D eigenvalue weighted by molar-refractivity contribution is 5.93. The van der Waals surface area contributed by atoms with Gasteiger partial charge in [0.15, 0.2) is 0 Å². The van der Waals surface area contributed by atoms with E-state index < -0.39 is 5.97 Å². The smallest absolute Gasteiger partial charge is 0.339 e. The van der Waals surface area contributed by atoms with Crippen molar-refractivity contribution in [3.05, 3.63) is 22.9 Å². The summed E-state index contributed by atoms with van der Waals surface area (Å²) in [6.07, 6.45) is 5.53. The lowest BCUT2D eigenvalue weighted by molar-refractivity contribution is 0.0697. The summed E-state index contributed by atoms with van der Waals surface area (Å²) in [4.78, 5) is 15.7. The predicted molar refractivity (Wildman–Crippen MR) is 64.4 cm³/mol. The van der Waals surface area contributed by atoms with Crippen LogP contribution < -0.4 is 5.32 Å². The molecular weight excluding hydrogens is 216 g/mol. The van der Waals surface area contributed by atoms with Crippen molar-refractivity contribution in [1.82, 2.24) is 4.98 Å². The fourth-order valence-electron chi connectivity index (χ4n) is 2.33. The zero-order valence-electron chi connectivity index (χ0n) is 9.70. The quantitative estimate of drug-likeness (QED) is 0.834. The maximum absolute atomic E-state index is 11.2. The van der Waals surface area contributed by atoms with Crippen LogP contribution in [0.25, 0.3) is 0 Å². The molecule has 2 N–H and O–H groups in total. The van der Waals surface area contributed by atoms with Crippen LogP contribution in [0, 0.1) is 5.92 Å². The number of nitrogens with zero attached hydrogens (tertiary/aromatic N) is 1. The SMILES string of the molecule is O=C(O)c1cc2c(nc1NCC1CC1)CCC2. The number of carboxylic acid groups (broad SMARTS) is 1. The number of pyridine rings is 1. The fourth-order valence-corrected chi connectivity index (χ4v) is 2.33. The molecule has 0 spiro atoms. The Morgan fingerprint density at radius 3 is 3.00 bits per heavy atom. The van der Waals surface area contributed by atoms with Crippen LogP contribution in [0.3, 0.4) is 0 Å². The number of aryl methyl sites for hydroxylation is 2. The Hall–Kier alpha value is -1.58. The highest BCUT2D eigenvalue weighted by Gasteiger charge is 2.23. The average Bonchev–Trinajstić information content (AvgIpc) is 3.02. The first-order valence-corrected chi connectivity index (χ1v) is 6.24. The largest absolute Gasteiger partial charge is 0.478 e. The summed E-state index contributed by atoms with van der Waals surface area (Å²) < 4.78 is 0. The van der Waals surface area contributed by atoms with E-state index in [0.29, 0.717) is 17.3 Å². The van der Waals surface area contributed by atoms with E-state index in [4.69, 9.17) is 0 Å². The third-order valence-corrected chi connectivity index (χ3v) is 3.54. The van der Waals surface area contributed by atoms with Gasteiger partial charge in [0.05, 0.1) is 0 Å². The molecule has 2 aliphatic rings. The van der Waals surface area contributed by atoms with Gasteiger partial charge in [-0.1, -0.05) is 0 Å². The Balaban J connectivity index is 1.89. The normalized spacial score (nSPS) is 17.9. The van der Waals surface area contributed by atoms with E-state index >= 15 is 0 Å². The second kappa shape index (κ2) is 4.02. The molecule has 1 aromatic rings. The fraction of sp³-hybridized carbons (Fsp3) is 0.538. The van der Waals surface area contributed by atoms with Crippen LogP contribution in [-0.4, -0.2) is 22.6 Å². The molecule has 90 valence electrons. The number of aromatic nitrogens is 1. The highest BCUT2D eigenvalue weighted by Crippen LogP contribution is 2.30. The number of hydrogen-bond donors (Lipinski definition) is 2. The van der Waals surface area contributed by atoms with Crippen LogP contribution in [-0.2, 0) is 12.8 Å². The molecule has 1 aromatic heterocycles. The van der Waals surface area contributed by atoms with Crippen LogP contribution in [0.1, 0.15) is 40.9 Å². The monoisotopic (exact) mass is 232 g/mol. The van der Waals surface area contributed by atoms with E-state index in [1.54, 1.807) is 6.07 Å². The van der Waals surface area contributed by atoms with E-state index in [1.165, 1.54) is 12.8 Å². The summed E-state index contributed by atoms with van der Waals surface area (Å²) >= 11 is 0. The molecule has 0 radical (unpaired) electrons. The minimum atomic E-state index is -0.884. The van der Waals surface area contributed by atoms with Crippen molar-refractivity contribution >= 4 is 11.8 Å². The second-order valence-corrected chi connectivity index (χ2v) is 4.97. The standard InChI is InChI=1S/C13H16N2O2/c16-13(17)10-6-9-2-1-3-11(9)15-12(10)14-7-8-4-5-8/h6,8H,1-5,7H2,(H,14,15)(H,16,17). The molecule has 0 bridgehead atoms. The first kappa shape index (κ1) is 10.6. The summed E-state index contributed by atoms with van der Waals surface area (Å²) in [6.45, 7) is 0.853. The van der Waals surface area contributed by atoms with Crippen LogP contribution >= 0.6 is 0 Å². The van der Waals surface area contributed by atoms with E-state index in [2.05, 4.69) is 10.3 Å². The lowest BCUT2D eigenvalue weighted by Gasteiger charge is -2.10. The number of fused-ring (bicyclic) bond motifs is 1. The zero-order chi connectivity index (χ0) is 11.8. The number of carbonyl (C=O) groups is 1. The maximum atomic E-state index is 11.2. The van der Waals surface area contributed by atoms with Gasteiger partial charge in [-0.2, -0.15) is 0 Å². The van der Waals surface area contributed by atoms with Gasteiger partial charge < -0.3 is 10.4 Å². The van der Waals surface area contributed by atoms with Crippen molar-refractivity contribution in [1.29, 1.82) is 0 Å². The van der Waals surface area contributed by atoms with Crippen LogP contribution in [0.5, 0.6) is 0 Å². The lowest BCUT2D eigenvalue weighted by Crippen LogP contribution is -2.12. The molecule has 2 aliphatic carbocycles. The van der Waals surface area contributed by atoms with Gasteiger partial charge in [0.1, 0.15) is 11.4 Å². The number of aromatic carboxylic acids is 1. The van der Waals surface area contributed by atoms with Crippen molar-refractivity contribution in [2.75, 3.05) is 11.9 Å². The molecule has 1 heterocycles. The first-order chi connectivity index (χ1) is 8.24. The molecule has 1 fully saturated rings. The van der Waals surface area contributed by atoms with E-state index in [0.717, 1.165) is 37.1 Å². The maximum Gasteiger partial charge on any atom is 0.339 e. The van der Waals surface area contributed by atoms with Crippen molar-refractivity contribution in [2.45, 2.75) is 32.1 Å². The Bertz CT molecular complexity index is 467. The molecule has 3 rings (SSSR count). The van der Waals surface area contributed by atoms with Crippen LogP contribution in [0.15, 0.2) is 6.07 Å². The molecule has 0 unspecified atom stereocenters. The lowest BCUT2D eigenvalue weighted by atomic mass is 10.1. The summed E-state index contributed by atoms with van der Waals surface area (Å²) in [5.74, 6) is 0.391. The Kier molecular flexibility index (Phi) is 2.50. The van der Waals surface area contributed by atoms with E-state index in [9.17, 15) is 9.90 Å².